The Morgan fingerprint density at radius 2 is 1.82 bits per heavy atom. The first-order valence-corrected chi connectivity index (χ1v) is 9.44. The van der Waals surface area contributed by atoms with Gasteiger partial charge in [-0.3, -0.25) is 9.59 Å². The van der Waals surface area contributed by atoms with Gasteiger partial charge in [0.15, 0.2) is 0 Å². The smallest absolute Gasteiger partial charge is 0.266 e. The summed E-state index contributed by atoms with van der Waals surface area (Å²) in [5, 5.41) is 6.74. The molecule has 2 aliphatic rings. The summed E-state index contributed by atoms with van der Waals surface area (Å²) in [6, 6.07) is 17.0. The van der Waals surface area contributed by atoms with Crippen molar-refractivity contribution in [3.8, 4) is 0 Å². The lowest BCUT2D eigenvalue weighted by Gasteiger charge is -2.44. The molecule has 28 heavy (non-hydrogen) atoms. The van der Waals surface area contributed by atoms with Crippen LogP contribution in [0.4, 0.5) is 0 Å². The molecule has 0 aliphatic carbocycles. The van der Waals surface area contributed by atoms with Gasteiger partial charge in [0.2, 0.25) is 5.91 Å². The number of amides is 2. The number of rotatable bonds is 2. The van der Waals surface area contributed by atoms with Crippen LogP contribution < -0.4 is 0 Å². The summed E-state index contributed by atoms with van der Waals surface area (Å²) in [4.78, 5) is 31.2. The average Bonchev–Trinajstić information content (AvgIpc) is 3.09. The number of aromatic nitrogens is 1. The van der Waals surface area contributed by atoms with Crippen molar-refractivity contribution in [1.29, 1.82) is 0 Å². The topological polar surface area (TPSA) is 68.8 Å². The second kappa shape index (κ2) is 6.34. The summed E-state index contributed by atoms with van der Waals surface area (Å²) in [7, 11) is 0. The van der Waals surface area contributed by atoms with Crippen LogP contribution in [0.15, 0.2) is 59.7 Å². The van der Waals surface area contributed by atoms with E-state index in [0.717, 1.165) is 27.7 Å². The molecule has 3 heterocycles. The fourth-order valence-electron chi connectivity index (χ4n) is 4.33. The molecule has 1 fully saturated rings. The summed E-state index contributed by atoms with van der Waals surface area (Å²) in [5.74, 6) is -0.207. The number of fused-ring (bicyclic) bond motifs is 4. The van der Waals surface area contributed by atoms with Crippen molar-refractivity contribution < 1.29 is 9.59 Å². The van der Waals surface area contributed by atoms with Gasteiger partial charge in [0, 0.05) is 23.0 Å². The van der Waals surface area contributed by atoms with E-state index in [9.17, 15) is 9.59 Å². The summed E-state index contributed by atoms with van der Waals surface area (Å²) in [6.07, 6.45) is 2.13. The molecular weight excluding hydrogens is 352 g/mol. The van der Waals surface area contributed by atoms with Gasteiger partial charge in [0.1, 0.15) is 12.6 Å². The minimum Gasteiger partial charge on any atom is -0.356 e. The van der Waals surface area contributed by atoms with Crippen LogP contribution in [0.1, 0.15) is 29.8 Å². The van der Waals surface area contributed by atoms with Crippen LogP contribution in [0.25, 0.3) is 10.9 Å². The fraction of sp³-hybridized carbons (Fsp3) is 0.227. The Kier molecular flexibility index (Phi) is 3.79. The van der Waals surface area contributed by atoms with Gasteiger partial charge in [-0.25, -0.2) is 5.01 Å². The highest BCUT2D eigenvalue weighted by atomic mass is 16.2. The number of para-hydroxylation sites is 1. The Labute approximate surface area is 162 Å². The van der Waals surface area contributed by atoms with Gasteiger partial charge >= 0.3 is 0 Å². The number of piperazine rings is 1. The normalized spacial score (nSPS) is 22.0. The SMILES string of the molecule is C[C@H]1c2[nH]c3ccccc3c2C[C@@H]2C(=O)N(/N=C/c3ccccc3)CC(=O)N21. The van der Waals surface area contributed by atoms with E-state index >= 15 is 0 Å². The third kappa shape index (κ3) is 2.52. The molecule has 0 radical (unpaired) electrons. The predicted octanol–water partition coefficient (Wildman–Crippen LogP) is 2.86. The van der Waals surface area contributed by atoms with Gasteiger partial charge in [-0.15, -0.1) is 0 Å². The lowest BCUT2D eigenvalue weighted by atomic mass is 9.90. The van der Waals surface area contributed by atoms with Crippen molar-refractivity contribution in [2.45, 2.75) is 25.4 Å². The number of hydrazone groups is 1. The highest BCUT2D eigenvalue weighted by molar-refractivity contribution is 5.97. The minimum absolute atomic E-state index is 0.0292. The average molecular weight is 372 g/mol. The number of H-pyrrole nitrogens is 1. The van der Waals surface area contributed by atoms with Crippen LogP contribution in [0.3, 0.4) is 0 Å². The van der Waals surface area contributed by atoms with Gasteiger partial charge < -0.3 is 9.88 Å². The van der Waals surface area contributed by atoms with Gasteiger partial charge in [0.05, 0.1) is 12.3 Å². The molecule has 5 rings (SSSR count). The molecule has 2 aliphatic heterocycles. The van der Waals surface area contributed by atoms with E-state index in [1.54, 1.807) is 11.1 Å². The first kappa shape index (κ1) is 16.7. The van der Waals surface area contributed by atoms with Crippen LogP contribution in [-0.2, 0) is 16.0 Å². The van der Waals surface area contributed by atoms with Gasteiger partial charge in [-0.1, -0.05) is 48.5 Å². The standard InChI is InChI=1S/C22H20N4O2/c1-14-21-17(16-9-5-6-10-18(16)24-21)11-19-22(28)25(13-20(27)26(14)19)23-12-15-7-3-2-4-8-15/h2-10,12,14,19,24H,11,13H2,1H3/b23-12+/t14-,19+/m0/s1. The molecule has 2 aromatic carbocycles. The lowest BCUT2D eigenvalue weighted by Crippen LogP contribution is -2.61. The second-order valence-corrected chi connectivity index (χ2v) is 7.31. The van der Waals surface area contributed by atoms with E-state index in [2.05, 4.69) is 16.2 Å². The van der Waals surface area contributed by atoms with Crippen molar-refractivity contribution in [2.75, 3.05) is 6.54 Å². The largest absolute Gasteiger partial charge is 0.356 e. The maximum atomic E-state index is 13.1. The number of carbonyl (C=O) groups excluding carboxylic acids is 2. The Bertz CT molecular complexity index is 1100. The second-order valence-electron chi connectivity index (χ2n) is 7.31. The number of nitrogens with zero attached hydrogens (tertiary/aromatic N) is 3. The molecule has 2 atom stereocenters. The van der Waals surface area contributed by atoms with Gasteiger partial charge in [0.25, 0.3) is 5.91 Å². The Morgan fingerprint density at radius 3 is 2.64 bits per heavy atom. The molecule has 2 amide bonds. The Hall–Kier alpha value is -3.41. The van der Waals surface area contributed by atoms with Gasteiger partial charge in [-0.2, -0.15) is 5.10 Å². The van der Waals surface area contributed by atoms with E-state index < -0.39 is 6.04 Å². The third-order valence-electron chi connectivity index (χ3n) is 5.67. The van der Waals surface area contributed by atoms with Crippen molar-refractivity contribution >= 4 is 28.9 Å². The molecule has 0 unspecified atom stereocenters. The molecule has 6 heteroatoms. The van der Waals surface area contributed by atoms with Crippen LogP contribution in [0, 0.1) is 0 Å². The zero-order chi connectivity index (χ0) is 19.3. The summed E-state index contributed by atoms with van der Waals surface area (Å²) >= 11 is 0. The van der Waals surface area contributed by atoms with Crippen molar-refractivity contribution in [3.05, 3.63) is 71.4 Å². The number of benzene rings is 2. The molecular formula is C22H20N4O2. The predicted molar refractivity (Wildman–Crippen MR) is 107 cm³/mol. The maximum absolute atomic E-state index is 13.1. The maximum Gasteiger partial charge on any atom is 0.266 e. The highest BCUT2D eigenvalue weighted by Crippen LogP contribution is 2.38. The van der Waals surface area contributed by atoms with Crippen LogP contribution in [-0.4, -0.2) is 45.5 Å². The number of hydrogen-bond donors (Lipinski definition) is 1. The molecule has 1 aromatic heterocycles. The Morgan fingerprint density at radius 1 is 1.07 bits per heavy atom. The minimum atomic E-state index is -0.518. The first-order valence-electron chi connectivity index (χ1n) is 9.44. The molecule has 140 valence electrons. The zero-order valence-electron chi connectivity index (χ0n) is 15.5. The summed E-state index contributed by atoms with van der Waals surface area (Å²) in [6.45, 7) is 1.95. The van der Waals surface area contributed by atoms with E-state index in [-0.39, 0.29) is 24.4 Å². The summed E-state index contributed by atoms with van der Waals surface area (Å²) in [5.41, 5.74) is 4.08. The molecule has 6 nitrogen and oxygen atoms in total. The van der Waals surface area contributed by atoms with Crippen LogP contribution >= 0.6 is 0 Å². The van der Waals surface area contributed by atoms with E-state index in [0.29, 0.717) is 6.42 Å². The molecule has 0 spiro atoms. The lowest BCUT2D eigenvalue weighted by molar-refractivity contribution is -0.159. The highest BCUT2D eigenvalue weighted by Gasteiger charge is 2.46. The molecule has 0 saturated carbocycles. The molecule has 1 N–H and O–H groups in total. The number of hydrogen-bond acceptors (Lipinski definition) is 3. The van der Waals surface area contributed by atoms with Crippen molar-refractivity contribution in [2.24, 2.45) is 5.10 Å². The Balaban J connectivity index is 1.50. The van der Waals surface area contributed by atoms with Crippen LogP contribution in [0.2, 0.25) is 0 Å². The quantitative estimate of drug-likeness (QED) is 0.703. The number of nitrogens with one attached hydrogen (secondary N) is 1. The number of carbonyl (C=O) groups is 2. The molecule has 0 bridgehead atoms. The van der Waals surface area contributed by atoms with Crippen molar-refractivity contribution in [1.82, 2.24) is 14.9 Å². The monoisotopic (exact) mass is 372 g/mol. The van der Waals surface area contributed by atoms with Crippen LogP contribution in [0.5, 0.6) is 0 Å². The molecule has 1 saturated heterocycles. The van der Waals surface area contributed by atoms with E-state index in [1.807, 2.05) is 55.5 Å². The first-order chi connectivity index (χ1) is 13.6. The zero-order valence-corrected chi connectivity index (χ0v) is 15.5. The third-order valence-corrected chi connectivity index (χ3v) is 5.67. The van der Waals surface area contributed by atoms with Gasteiger partial charge in [-0.05, 0) is 24.1 Å². The van der Waals surface area contributed by atoms with Crippen molar-refractivity contribution in [3.63, 3.8) is 0 Å². The van der Waals surface area contributed by atoms with E-state index in [4.69, 9.17) is 0 Å². The fourth-order valence-corrected chi connectivity index (χ4v) is 4.33. The van der Waals surface area contributed by atoms with E-state index in [1.165, 1.54) is 5.01 Å². The molecule has 3 aromatic rings. The number of aromatic amines is 1. The summed E-state index contributed by atoms with van der Waals surface area (Å²) < 4.78 is 0.